The van der Waals surface area contributed by atoms with Gasteiger partial charge in [0, 0.05) is 23.7 Å². The van der Waals surface area contributed by atoms with Crippen molar-refractivity contribution in [3.8, 4) is 0 Å². The van der Waals surface area contributed by atoms with Gasteiger partial charge in [-0.15, -0.1) is 0 Å². The van der Waals surface area contributed by atoms with Gasteiger partial charge in [-0.3, -0.25) is 4.79 Å². The van der Waals surface area contributed by atoms with Crippen LogP contribution in [-0.4, -0.2) is 10.9 Å². The third kappa shape index (κ3) is 2.04. The highest BCUT2D eigenvalue weighted by Gasteiger charge is 2.33. The van der Waals surface area contributed by atoms with Crippen molar-refractivity contribution in [2.24, 2.45) is 0 Å². The van der Waals surface area contributed by atoms with Gasteiger partial charge in [-0.25, -0.2) is 9.40 Å². The second-order valence-electron chi connectivity index (χ2n) is 4.53. The molecule has 19 heavy (non-hydrogen) atoms. The molecule has 0 spiro atoms. The number of rotatable bonds is 1. The predicted molar refractivity (Wildman–Crippen MR) is 74.9 cm³/mol. The molecule has 0 saturated heterocycles. The number of carbonyl (C=O) groups is 1. The van der Waals surface area contributed by atoms with Crippen molar-refractivity contribution in [3.05, 3.63) is 53.7 Å². The second kappa shape index (κ2) is 4.55. The minimum Gasteiger partial charge on any atom is -0.399 e. The Kier molecular flexibility index (Phi) is 2.87. The highest BCUT2D eigenvalue weighted by Crippen LogP contribution is 2.35. The maximum Gasteiger partial charge on any atom is 0.250 e. The number of fused-ring (bicyclic) bond motifs is 1. The van der Waals surface area contributed by atoms with E-state index in [1.807, 2.05) is 24.3 Å². The normalized spacial score (nSPS) is 18.3. The van der Waals surface area contributed by atoms with Crippen molar-refractivity contribution < 1.29 is 4.79 Å². The van der Waals surface area contributed by atoms with Gasteiger partial charge in [0.2, 0.25) is 0 Å². The number of nitrogens with two attached hydrogens (primary N) is 1. The van der Waals surface area contributed by atoms with Crippen LogP contribution in [0.5, 0.6) is 0 Å². The van der Waals surface area contributed by atoms with Crippen LogP contribution in [0.4, 0.5) is 11.5 Å². The van der Waals surface area contributed by atoms with E-state index in [0.29, 0.717) is 17.9 Å². The van der Waals surface area contributed by atoms with Crippen LogP contribution in [0.2, 0.25) is 0 Å². The van der Waals surface area contributed by atoms with E-state index in [2.05, 4.69) is 4.98 Å². The molecule has 0 saturated carbocycles. The molecular formula is C14H12ClN3O. The lowest BCUT2D eigenvalue weighted by Gasteiger charge is -2.28. The number of hydrogen-bond donors (Lipinski definition) is 1. The number of hydrogen-bond acceptors (Lipinski definition) is 3. The number of pyridine rings is 1. The van der Waals surface area contributed by atoms with Gasteiger partial charge in [-0.05, 0) is 35.7 Å². The molecule has 1 atom stereocenters. The molecule has 0 bridgehead atoms. The number of halogens is 1. The number of nitrogens with zero attached hydrogens (tertiary/aromatic N) is 2. The zero-order valence-corrected chi connectivity index (χ0v) is 10.8. The van der Waals surface area contributed by atoms with E-state index >= 15 is 0 Å². The first-order chi connectivity index (χ1) is 9.16. The van der Waals surface area contributed by atoms with E-state index in [9.17, 15) is 4.79 Å². The summed E-state index contributed by atoms with van der Waals surface area (Å²) in [5, 5.41) is 0. The Bertz CT molecular complexity index is 627. The molecule has 2 N–H and O–H groups in total. The highest BCUT2D eigenvalue weighted by molar-refractivity contribution is 6.37. The molecule has 1 aromatic carbocycles. The molecule has 1 aliphatic rings. The summed E-state index contributed by atoms with van der Waals surface area (Å²) in [6.45, 7) is 0. The molecule has 3 rings (SSSR count). The van der Waals surface area contributed by atoms with E-state index in [1.54, 1.807) is 18.3 Å². The van der Waals surface area contributed by atoms with E-state index < -0.39 is 0 Å². The Hall–Kier alpha value is -2.07. The molecule has 2 heterocycles. The summed E-state index contributed by atoms with van der Waals surface area (Å²) in [7, 11) is 0. The average Bonchev–Trinajstić information content (AvgIpc) is 2.44. The second-order valence-corrected chi connectivity index (χ2v) is 4.87. The van der Waals surface area contributed by atoms with Crippen LogP contribution in [0, 0.1) is 0 Å². The smallest absolute Gasteiger partial charge is 0.250 e. The summed E-state index contributed by atoms with van der Waals surface area (Å²) in [5.74, 6) is 0.0910. The number of aromatic nitrogens is 1. The van der Waals surface area contributed by atoms with Crippen LogP contribution in [0.3, 0.4) is 0 Å². The third-order valence-electron chi connectivity index (χ3n) is 3.31. The Balaban J connectivity index is 2.01. The zero-order valence-electron chi connectivity index (χ0n) is 10.1. The molecule has 5 heteroatoms. The van der Waals surface area contributed by atoms with Gasteiger partial charge >= 0.3 is 0 Å². The molecule has 2 aromatic rings. The number of nitrogen functional groups attached to an aromatic ring is 1. The first-order valence-corrected chi connectivity index (χ1v) is 6.29. The van der Waals surface area contributed by atoms with Crippen LogP contribution in [0.25, 0.3) is 0 Å². The summed E-state index contributed by atoms with van der Waals surface area (Å²) in [5.41, 5.74) is 8.23. The lowest BCUT2D eigenvalue weighted by Crippen LogP contribution is -2.34. The minimum atomic E-state index is -0.283. The lowest BCUT2D eigenvalue weighted by molar-refractivity contribution is -0.119. The van der Waals surface area contributed by atoms with Crippen molar-refractivity contribution >= 4 is 29.2 Å². The van der Waals surface area contributed by atoms with Crippen molar-refractivity contribution in [3.63, 3.8) is 0 Å². The van der Waals surface area contributed by atoms with Gasteiger partial charge < -0.3 is 5.73 Å². The van der Waals surface area contributed by atoms with Crippen molar-refractivity contribution in [2.75, 3.05) is 10.2 Å². The maximum absolute atomic E-state index is 12.3. The average molecular weight is 274 g/mol. The van der Waals surface area contributed by atoms with Crippen LogP contribution < -0.4 is 10.2 Å². The first-order valence-electron chi connectivity index (χ1n) is 5.96. The quantitative estimate of drug-likeness (QED) is 0.641. The van der Waals surface area contributed by atoms with Gasteiger partial charge in [0.15, 0.2) is 5.82 Å². The molecule has 4 nitrogen and oxygen atoms in total. The topological polar surface area (TPSA) is 59.2 Å². The van der Waals surface area contributed by atoms with Crippen LogP contribution in [0.15, 0.2) is 42.6 Å². The van der Waals surface area contributed by atoms with Gasteiger partial charge in [-0.2, -0.15) is 0 Å². The predicted octanol–water partition coefficient (Wildman–Crippen LogP) is 2.49. The zero-order chi connectivity index (χ0) is 13.4. The lowest BCUT2D eigenvalue weighted by atomic mass is 9.89. The van der Waals surface area contributed by atoms with E-state index in [-0.39, 0.29) is 11.8 Å². The van der Waals surface area contributed by atoms with Crippen LogP contribution in [0.1, 0.15) is 17.0 Å². The van der Waals surface area contributed by atoms with Gasteiger partial charge in [-0.1, -0.05) is 18.2 Å². The summed E-state index contributed by atoms with van der Waals surface area (Å²) in [6.07, 6.45) is 2.24. The molecule has 1 aromatic heterocycles. The fourth-order valence-corrected chi connectivity index (χ4v) is 2.57. The Morgan fingerprint density at radius 1 is 1.26 bits per heavy atom. The van der Waals surface area contributed by atoms with Crippen molar-refractivity contribution in [1.29, 1.82) is 0 Å². The van der Waals surface area contributed by atoms with E-state index in [4.69, 9.17) is 17.5 Å². The van der Waals surface area contributed by atoms with Crippen molar-refractivity contribution in [1.82, 2.24) is 4.98 Å². The highest BCUT2D eigenvalue weighted by atomic mass is 35.5. The summed E-state index contributed by atoms with van der Waals surface area (Å²) >= 11 is 6.07. The Morgan fingerprint density at radius 2 is 2.00 bits per heavy atom. The first kappa shape index (κ1) is 12.0. The molecule has 1 amide bonds. The minimum absolute atomic E-state index is 0.155. The Labute approximate surface area is 115 Å². The maximum atomic E-state index is 12.3. The summed E-state index contributed by atoms with van der Waals surface area (Å²) in [6, 6.07) is 11.1. The number of carbonyl (C=O) groups excluding carboxylic acids is 1. The number of amides is 1. The summed E-state index contributed by atoms with van der Waals surface area (Å²) < 4.78 is 1.11. The Morgan fingerprint density at radius 3 is 2.74 bits per heavy atom. The molecular weight excluding hydrogens is 262 g/mol. The van der Waals surface area contributed by atoms with Crippen molar-refractivity contribution in [2.45, 2.75) is 12.3 Å². The van der Waals surface area contributed by atoms with E-state index in [0.717, 1.165) is 15.5 Å². The van der Waals surface area contributed by atoms with E-state index in [1.165, 1.54) is 0 Å². The molecule has 0 aliphatic carbocycles. The largest absolute Gasteiger partial charge is 0.399 e. The molecule has 1 unspecified atom stereocenters. The molecule has 1 aliphatic heterocycles. The fraction of sp³-hybridized carbons (Fsp3) is 0.143. The fourth-order valence-electron chi connectivity index (χ4n) is 2.30. The monoisotopic (exact) mass is 273 g/mol. The van der Waals surface area contributed by atoms with Crippen LogP contribution in [-0.2, 0) is 11.2 Å². The summed E-state index contributed by atoms with van der Waals surface area (Å²) in [4.78, 5) is 16.4. The molecule has 0 radical (unpaired) electrons. The van der Waals surface area contributed by atoms with Crippen LogP contribution >= 0.6 is 11.8 Å². The standard InChI is InChI=1S/C14H12ClN3O/c15-18-13-10(2-1-7-17-13)8-12(14(18)19)9-3-5-11(16)6-4-9/h1-7,12H,8,16H2. The van der Waals surface area contributed by atoms with Gasteiger partial charge in [0.25, 0.3) is 5.91 Å². The molecule has 0 fully saturated rings. The van der Waals surface area contributed by atoms with Gasteiger partial charge in [0.05, 0.1) is 5.92 Å². The SMILES string of the molecule is Nc1ccc(C2Cc3cccnc3N(Cl)C2=O)cc1. The number of benzene rings is 1. The molecule has 96 valence electrons. The third-order valence-corrected chi connectivity index (χ3v) is 3.63. The van der Waals surface area contributed by atoms with Gasteiger partial charge in [0.1, 0.15) is 0 Å². The number of anilines is 2.